The third-order valence-corrected chi connectivity index (χ3v) is 5.72. The molecule has 23 heavy (non-hydrogen) atoms. The van der Waals surface area contributed by atoms with Crippen molar-refractivity contribution in [3.8, 4) is 0 Å². The number of piperidine rings is 1. The molecule has 1 aliphatic carbocycles. The summed E-state index contributed by atoms with van der Waals surface area (Å²) in [6, 6.07) is 9.01. The molecule has 0 radical (unpaired) electrons. The van der Waals surface area contributed by atoms with E-state index in [1.165, 1.54) is 17.5 Å². The quantitative estimate of drug-likeness (QED) is 0.872. The first-order valence-corrected chi connectivity index (χ1v) is 9.00. The molecule has 1 aromatic heterocycles. The van der Waals surface area contributed by atoms with Gasteiger partial charge in [0.15, 0.2) is 0 Å². The van der Waals surface area contributed by atoms with Crippen LogP contribution >= 0.6 is 15.9 Å². The second kappa shape index (κ2) is 5.72. The van der Waals surface area contributed by atoms with Gasteiger partial charge < -0.3 is 5.11 Å². The first-order chi connectivity index (χ1) is 11.0. The monoisotopic (exact) mass is 375 g/mol. The number of benzene rings is 1. The number of rotatable bonds is 5. The Kier molecular flexibility index (Phi) is 3.82. The number of halogens is 1. The predicted octanol–water partition coefficient (Wildman–Crippen LogP) is 2.59. The molecule has 5 heteroatoms. The van der Waals surface area contributed by atoms with Crippen molar-refractivity contribution in [2.24, 2.45) is 5.92 Å². The summed E-state index contributed by atoms with van der Waals surface area (Å²) in [5.41, 5.74) is 3.14. The highest BCUT2D eigenvalue weighted by Crippen LogP contribution is 2.58. The lowest BCUT2D eigenvalue weighted by Crippen LogP contribution is -2.36. The first kappa shape index (κ1) is 15.4. The Morgan fingerprint density at radius 3 is 2.83 bits per heavy atom. The average molecular weight is 376 g/mol. The molecule has 3 atom stereocenters. The van der Waals surface area contributed by atoms with E-state index >= 15 is 0 Å². The highest BCUT2D eigenvalue weighted by molar-refractivity contribution is 9.10. The van der Waals surface area contributed by atoms with Crippen molar-refractivity contribution < 1.29 is 5.11 Å². The van der Waals surface area contributed by atoms with Gasteiger partial charge in [-0.2, -0.15) is 5.10 Å². The van der Waals surface area contributed by atoms with E-state index in [-0.39, 0.29) is 6.10 Å². The first-order valence-electron chi connectivity index (χ1n) is 8.21. The smallest absolute Gasteiger partial charge is 0.0862 e. The fourth-order valence-corrected chi connectivity index (χ4v) is 4.40. The van der Waals surface area contributed by atoms with Crippen LogP contribution in [0.1, 0.15) is 17.5 Å². The molecule has 0 bridgehead atoms. The van der Waals surface area contributed by atoms with Crippen molar-refractivity contribution in [3.63, 3.8) is 0 Å². The minimum atomic E-state index is -0.380. The highest BCUT2D eigenvalue weighted by atomic mass is 79.9. The van der Waals surface area contributed by atoms with Crippen LogP contribution < -0.4 is 0 Å². The van der Waals surface area contributed by atoms with Crippen molar-refractivity contribution in [1.29, 1.82) is 0 Å². The molecule has 0 spiro atoms. The Hall–Kier alpha value is -1.17. The molecule has 1 saturated carbocycles. The van der Waals surface area contributed by atoms with Crippen LogP contribution in [0.15, 0.2) is 41.1 Å². The molecule has 4 nitrogen and oxygen atoms in total. The summed E-state index contributed by atoms with van der Waals surface area (Å²) in [7, 11) is 0. The maximum absolute atomic E-state index is 10.3. The van der Waals surface area contributed by atoms with Gasteiger partial charge in [0.1, 0.15) is 0 Å². The predicted molar refractivity (Wildman–Crippen MR) is 93.3 cm³/mol. The van der Waals surface area contributed by atoms with Crippen molar-refractivity contribution >= 4 is 15.9 Å². The second-order valence-corrected chi connectivity index (χ2v) is 8.07. The Morgan fingerprint density at radius 1 is 1.35 bits per heavy atom. The Balaban J connectivity index is 1.37. The largest absolute Gasteiger partial charge is 0.390 e. The van der Waals surface area contributed by atoms with Crippen LogP contribution in [0.5, 0.6) is 0 Å². The molecule has 4 rings (SSSR count). The van der Waals surface area contributed by atoms with E-state index in [9.17, 15) is 5.11 Å². The molecule has 122 valence electrons. The van der Waals surface area contributed by atoms with Crippen LogP contribution in [0.4, 0.5) is 0 Å². The Bertz CT molecular complexity index is 699. The summed E-state index contributed by atoms with van der Waals surface area (Å²) < 4.78 is 2.74. The third-order valence-electron chi connectivity index (χ3n) is 5.31. The number of β-amino-alcohol motifs (C(OH)–C–C–N with tert-alkyl or cyclic N) is 1. The van der Waals surface area contributed by atoms with Crippen molar-refractivity contribution in [2.75, 3.05) is 19.6 Å². The fraction of sp³-hybridized carbons (Fsp3) is 0.500. The summed E-state index contributed by atoms with van der Waals surface area (Å²) >= 11 is 3.39. The number of aryl methyl sites for hydroxylation is 1. The van der Waals surface area contributed by atoms with E-state index in [1.54, 1.807) is 10.9 Å². The van der Waals surface area contributed by atoms with Crippen LogP contribution in [-0.4, -0.2) is 45.5 Å². The second-order valence-electron chi connectivity index (χ2n) is 7.15. The number of hydrogen-bond acceptors (Lipinski definition) is 3. The fourth-order valence-electron chi connectivity index (χ4n) is 4.07. The van der Waals surface area contributed by atoms with Gasteiger partial charge in [-0.1, -0.05) is 29.8 Å². The summed E-state index contributed by atoms with van der Waals surface area (Å²) in [5.74, 6) is 0.760. The number of nitrogens with zero attached hydrogens (tertiary/aromatic N) is 3. The minimum Gasteiger partial charge on any atom is -0.390 e. The lowest BCUT2D eigenvalue weighted by atomic mass is 9.94. The molecule has 0 amide bonds. The number of fused-ring (bicyclic) bond motifs is 1. The van der Waals surface area contributed by atoms with Crippen molar-refractivity contribution in [2.45, 2.75) is 31.4 Å². The van der Waals surface area contributed by atoms with Gasteiger partial charge in [-0.3, -0.25) is 9.58 Å². The number of hydrogen-bond donors (Lipinski definition) is 1. The van der Waals surface area contributed by atoms with Gasteiger partial charge in [0.05, 0.1) is 23.3 Å². The summed E-state index contributed by atoms with van der Waals surface area (Å²) in [5, 5.41) is 14.6. The van der Waals surface area contributed by atoms with Gasteiger partial charge in [0, 0.05) is 31.2 Å². The Morgan fingerprint density at radius 2 is 2.13 bits per heavy atom. The van der Waals surface area contributed by atoms with Gasteiger partial charge in [0.2, 0.25) is 0 Å². The van der Waals surface area contributed by atoms with Gasteiger partial charge in [0.25, 0.3) is 0 Å². The highest BCUT2D eigenvalue weighted by Gasteiger charge is 2.60. The number of likely N-dealkylation sites (tertiary alicyclic amines) is 1. The zero-order chi connectivity index (χ0) is 16.0. The molecule has 2 aromatic rings. The van der Waals surface area contributed by atoms with E-state index in [0.29, 0.717) is 12.0 Å². The number of aliphatic hydroxyl groups is 1. The normalized spacial score (nSPS) is 27.9. The van der Waals surface area contributed by atoms with Crippen LogP contribution in [0.25, 0.3) is 0 Å². The van der Waals surface area contributed by atoms with Crippen molar-refractivity contribution in [1.82, 2.24) is 14.7 Å². The third kappa shape index (κ3) is 2.97. The molecule has 1 N–H and O–H groups in total. The molecule has 1 aliphatic heterocycles. The summed E-state index contributed by atoms with van der Waals surface area (Å²) in [4.78, 5) is 2.41. The molecular formula is C18H22BrN3O. The van der Waals surface area contributed by atoms with Crippen LogP contribution in [0.2, 0.25) is 0 Å². The SMILES string of the molecule is Cc1ccc(C23CC2CN(CC(O)Cn2cc(Br)cn2)C3)cc1. The molecule has 2 aliphatic rings. The number of aromatic nitrogens is 2. The van der Waals surface area contributed by atoms with E-state index < -0.39 is 0 Å². The Labute approximate surface area is 145 Å². The molecular weight excluding hydrogens is 354 g/mol. The van der Waals surface area contributed by atoms with Crippen LogP contribution in [-0.2, 0) is 12.0 Å². The zero-order valence-corrected chi connectivity index (χ0v) is 14.9. The van der Waals surface area contributed by atoms with Crippen LogP contribution in [0, 0.1) is 12.8 Å². The lowest BCUT2D eigenvalue weighted by molar-refractivity contribution is 0.0997. The maximum atomic E-state index is 10.3. The van der Waals surface area contributed by atoms with Gasteiger partial charge in [-0.25, -0.2) is 0 Å². The maximum Gasteiger partial charge on any atom is 0.0862 e. The van der Waals surface area contributed by atoms with E-state index in [0.717, 1.165) is 30.0 Å². The van der Waals surface area contributed by atoms with Gasteiger partial charge in [-0.05, 0) is 40.8 Å². The van der Waals surface area contributed by atoms with Gasteiger partial charge >= 0.3 is 0 Å². The topological polar surface area (TPSA) is 41.3 Å². The minimum absolute atomic E-state index is 0.349. The number of aliphatic hydroxyl groups excluding tert-OH is 1. The molecule has 2 heterocycles. The standard InChI is InChI=1S/C18H22BrN3O/c1-13-2-4-14(5-3-13)18-6-15(18)8-21(12-18)10-17(23)11-22-9-16(19)7-20-22/h2-5,7,9,15,17,23H,6,8,10-12H2,1H3. The average Bonchev–Trinajstić information content (AvgIpc) is 2.85. The van der Waals surface area contributed by atoms with Crippen molar-refractivity contribution in [3.05, 3.63) is 52.3 Å². The zero-order valence-electron chi connectivity index (χ0n) is 13.3. The molecule has 1 saturated heterocycles. The molecule has 1 aromatic carbocycles. The molecule has 2 fully saturated rings. The molecule has 3 unspecified atom stereocenters. The summed E-state index contributed by atoms with van der Waals surface area (Å²) in [6.45, 7) is 5.58. The van der Waals surface area contributed by atoms with E-state index in [1.807, 2.05) is 6.20 Å². The van der Waals surface area contributed by atoms with Gasteiger partial charge in [-0.15, -0.1) is 0 Å². The summed E-state index contributed by atoms with van der Waals surface area (Å²) in [6.07, 6.45) is 4.58. The van der Waals surface area contributed by atoms with E-state index in [4.69, 9.17) is 0 Å². The van der Waals surface area contributed by atoms with Crippen LogP contribution in [0.3, 0.4) is 0 Å². The van der Waals surface area contributed by atoms with E-state index in [2.05, 4.69) is 57.1 Å². The lowest BCUT2D eigenvalue weighted by Gasteiger charge is -2.23.